The van der Waals surface area contributed by atoms with Crippen molar-refractivity contribution in [2.24, 2.45) is 0 Å². The molecule has 0 atom stereocenters. The van der Waals surface area contributed by atoms with Gasteiger partial charge < -0.3 is 14.8 Å². The highest BCUT2D eigenvalue weighted by Crippen LogP contribution is 2.06. The van der Waals surface area contributed by atoms with Crippen molar-refractivity contribution in [2.75, 3.05) is 26.3 Å². The van der Waals surface area contributed by atoms with Gasteiger partial charge in [0.15, 0.2) is 0 Å². The maximum Gasteiger partial charge on any atom is 0.0704 e. The molecule has 0 bridgehead atoms. The molecule has 1 aliphatic rings. The molecule has 1 heterocycles. The van der Waals surface area contributed by atoms with Crippen molar-refractivity contribution in [2.45, 2.75) is 38.9 Å². The van der Waals surface area contributed by atoms with E-state index in [4.69, 9.17) is 9.47 Å². The van der Waals surface area contributed by atoms with Crippen LogP contribution in [0.15, 0.2) is 0 Å². The molecule has 0 aromatic heterocycles. The average Bonchev–Trinajstić information content (AvgIpc) is 2.14. The fraction of sp³-hybridized carbons (Fsp3) is 1.00. The van der Waals surface area contributed by atoms with Crippen molar-refractivity contribution in [3.8, 4) is 0 Å². The fourth-order valence-corrected chi connectivity index (χ4v) is 1.46. The molecule has 1 aliphatic heterocycles. The average molecular weight is 224 g/mol. The van der Waals surface area contributed by atoms with E-state index in [1.54, 1.807) is 0 Å². The quantitative estimate of drug-likeness (QED) is 0.719. The molecule has 3 nitrogen and oxygen atoms in total. The van der Waals surface area contributed by atoms with Crippen LogP contribution in [0.4, 0.5) is 0 Å². The second kappa shape index (κ2) is 8.48. The smallest absolute Gasteiger partial charge is 0.0704 e. The third kappa shape index (κ3) is 6.60. The third-order valence-electron chi connectivity index (χ3n) is 2.17. The molecule has 0 aromatic rings. The number of hydrogen-bond acceptors (Lipinski definition) is 3. The summed E-state index contributed by atoms with van der Waals surface area (Å²) < 4.78 is 11.1. The Bertz CT molecular complexity index is 127. The molecule has 0 amide bonds. The van der Waals surface area contributed by atoms with E-state index in [2.05, 4.69) is 5.32 Å². The zero-order valence-electron chi connectivity index (χ0n) is 9.12. The van der Waals surface area contributed by atoms with E-state index in [1.165, 1.54) is 0 Å². The first kappa shape index (κ1) is 14.2. The number of hydrogen-bond donors (Lipinski definition) is 1. The molecule has 14 heavy (non-hydrogen) atoms. The highest BCUT2D eigenvalue weighted by atomic mass is 35.5. The van der Waals surface area contributed by atoms with Gasteiger partial charge >= 0.3 is 0 Å². The van der Waals surface area contributed by atoms with E-state index in [1.807, 2.05) is 13.8 Å². The summed E-state index contributed by atoms with van der Waals surface area (Å²) >= 11 is 0. The summed E-state index contributed by atoms with van der Waals surface area (Å²) in [6.07, 6.45) is 3.05. The van der Waals surface area contributed by atoms with Crippen LogP contribution in [0.25, 0.3) is 0 Å². The highest BCUT2D eigenvalue weighted by Gasteiger charge is 2.12. The van der Waals surface area contributed by atoms with Gasteiger partial charge in [-0.15, -0.1) is 12.4 Å². The summed E-state index contributed by atoms with van der Waals surface area (Å²) in [5, 5.41) is 3.31. The maximum atomic E-state index is 5.67. The Morgan fingerprint density at radius 1 is 1.21 bits per heavy atom. The Labute approximate surface area is 92.9 Å². The second-order valence-electron chi connectivity index (χ2n) is 3.74. The Kier molecular flexibility index (Phi) is 8.58. The summed E-state index contributed by atoms with van der Waals surface area (Å²) in [7, 11) is 0. The summed E-state index contributed by atoms with van der Waals surface area (Å²) in [6.45, 7) is 7.74. The third-order valence-corrected chi connectivity index (χ3v) is 2.17. The first-order chi connectivity index (χ1) is 6.29. The molecule has 1 saturated heterocycles. The van der Waals surface area contributed by atoms with Gasteiger partial charge in [-0.25, -0.2) is 0 Å². The van der Waals surface area contributed by atoms with Crippen molar-refractivity contribution in [3.63, 3.8) is 0 Å². The Morgan fingerprint density at radius 3 is 2.43 bits per heavy atom. The molecule has 1 N–H and O–H groups in total. The summed E-state index contributed by atoms with van der Waals surface area (Å²) in [5.74, 6) is 0. The largest absolute Gasteiger partial charge is 0.376 e. The minimum Gasteiger partial charge on any atom is -0.376 e. The molecule has 0 saturated carbocycles. The SMILES string of the molecule is CC(C)OCCOC1CCNCC1.Cl. The molecule has 0 radical (unpaired) electrons. The van der Waals surface area contributed by atoms with Crippen molar-refractivity contribution in [1.82, 2.24) is 5.32 Å². The molecule has 0 spiro atoms. The van der Waals surface area contributed by atoms with Crippen LogP contribution in [0, 0.1) is 0 Å². The molecular weight excluding hydrogens is 202 g/mol. The summed E-state index contributed by atoms with van der Waals surface area (Å²) in [6, 6.07) is 0. The minimum absolute atomic E-state index is 0. The lowest BCUT2D eigenvalue weighted by atomic mass is 10.1. The van der Waals surface area contributed by atoms with Gasteiger partial charge in [0.05, 0.1) is 25.4 Å². The number of rotatable bonds is 5. The zero-order valence-corrected chi connectivity index (χ0v) is 9.94. The normalized spacial score (nSPS) is 18.2. The fourth-order valence-electron chi connectivity index (χ4n) is 1.46. The molecular formula is C10H22ClNO2. The van der Waals surface area contributed by atoms with Crippen LogP contribution in [-0.4, -0.2) is 38.5 Å². The summed E-state index contributed by atoms with van der Waals surface area (Å²) in [4.78, 5) is 0. The van der Waals surface area contributed by atoms with Gasteiger partial charge in [-0.05, 0) is 39.8 Å². The van der Waals surface area contributed by atoms with Gasteiger partial charge in [-0.1, -0.05) is 0 Å². The number of piperidine rings is 1. The molecule has 86 valence electrons. The molecule has 0 aliphatic carbocycles. The van der Waals surface area contributed by atoms with Gasteiger partial charge in [-0.3, -0.25) is 0 Å². The van der Waals surface area contributed by atoms with Crippen LogP contribution >= 0.6 is 12.4 Å². The van der Waals surface area contributed by atoms with Gasteiger partial charge in [0.2, 0.25) is 0 Å². The van der Waals surface area contributed by atoms with Crippen LogP contribution in [-0.2, 0) is 9.47 Å². The standard InChI is InChI=1S/C10H21NO2.ClH/c1-9(2)12-7-8-13-10-3-5-11-6-4-10;/h9-11H,3-8H2,1-2H3;1H. The maximum absolute atomic E-state index is 5.67. The first-order valence-electron chi connectivity index (χ1n) is 5.23. The molecule has 0 aromatic carbocycles. The van der Waals surface area contributed by atoms with Crippen molar-refractivity contribution < 1.29 is 9.47 Å². The van der Waals surface area contributed by atoms with Crippen molar-refractivity contribution >= 4 is 12.4 Å². The van der Waals surface area contributed by atoms with Crippen LogP contribution in [0.3, 0.4) is 0 Å². The number of halogens is 1. The van der Waals surface area contributed by atoms with E-state index >= 15 is 0 Å². The Balaban J connectivity index is 0.00000169. The van der Waals surface area contributed by atoms with Crippen LogP contribution < -0.4 is 5.32 Å². The van der Waals surface area contributed by atoms with Crippen molar-refractivity contribution in [1.29, 1.82) is 0 Å². The van der Waals surface area contributed by atoms with Gasteiger partial charge in [0.25, 0.3) is 0 Å². The van der Waals surface area contributed by atoms with Gasteiger partial charge in [0, 0.05) is 0 Å². The Morgan fingerprint density at radius 2 is 1.86 bits per heavy atom. The lowest BCUT2D eigenvalue weighted by Gasteiger charge is -2.23. The lowest BCUT2D eigenvalue weighted by molar-refractivity contribution is -0.0216. The lowest BCUT2D eigenvalue weighted by Crippen LogP contribution is -2.33. The van der Waals surface area contributed by atoms with Crippen LogP contribution in [0.1, 0.15) is 26.7 Å². The molecule has 0 unspecified atom stereocenters. The second-order valence-corrected chi connectivity index (χ2v) is 3.74. The van der Waals surface area contributed by atoms with E-state index in [-0.39, 0.29) is 12.4 Å². The number of nitrogens with one attached hydrogen (secondary N) is 1. The van der Waals surface area contributed by atoms with Crippen LogP contribution in [0.2, 0.25) is 0 Å². The van der Waals surface area contributed by atoms with E-state index in [9.17, 15) is 0 Å². The summed E-state index contributed by atoms with van der Waals surface area (Å²) in [5.41, 5.74) is 0. The van der Waals surface area contributed by atoms with Crippen LogP contribution in [0.5, 0.6) is 0 Å². The first-order valence-corrected chi connectivity index (χ1v) is 5.23. The molecule has 1 rings (SSSR count). The Hall–Kier alpha value is 0.170. The molecule has 1 fully saturated rings. The molecule has 4 heteroatoms. The highest BCUT2D eigenvalue weighted by molar-refractivity contribution is 5.85. The monoisotopic (exact) mass is 223 g/mol. The predicted molar refractivity (Wildman–Crippen MR) is 60.2 cm³/mol. The van der Waals surface area contributed by atoms with E-state index in [0.29, 0.717) is 12.2 Å². The minimum atomic E-state index is 0. The number of ether oxygens (including phenoxy) is 2. The van der Waals surface area contributed by atoms with Gasteiger partial charge in [-0.2, -0.15) is 0 Å². The van der Waals surface area contributed by atoms with E-state index < -0.39 is 0 Å². The topological polar surface area (TPSA) is 30.5 Å². The predicted octanol–water partition coefficient (Wildman–Crippen LogP) is 1.60. The zero-order chi connectivity index (χ0) is 9.52. The van der Waals surface area contributed by atoms with E-state index in [0.717, 1.165) is 39.1 Å². The van der Waals surface area contributed by atoms with Gasteiger partial charge in [0.1, 0.15) is 0 Å². The van der Waals surface area contributed by atoms with Crippen molar-refractivity contribution in [3.05, 3.63) is 0 Å².